The van der Waals surface area contributed by atoms with Crippen LogP contribution in [0.1, 0.15) is 23.5 Å². The maximum atomic E-state index is 9.65. The molecule has 1 heterocycles. The molecule has 2 N–H and O–H groups in total. The summed E-state index contributed by atoms with van der Waals surface area (Å²) in [4.78, 5) is 1.18. The summed E-state index contributed by atoms with van der Waals surface area (Å²) in [5.41, 5.74) is 1.88. The van der Waals surface area contributed by atoms with Crippen molar-refractivity contribution in [3.05, 3.63) is 51.2 Å². The number of nitrogens with one attached hydrogen (secondary N) is 1. The maximum Gasteiger partial charge on any atom is 0.0931 e. The van der Waals surface area contributed by atoms with E-state index < -0.39 is 6.10 Å². The van der Waals surface area contributed by atoms with Gasteiger partial charge in [0.2, 0.25) is 0 Å². The van der Waals surface area contributed by atoms with Gasteiger partial charge in [-0.1, -0.05) is 29.8 Å². The minimum atomic E-state index is -0.467. The van der Waals surface area contributed by atoms with Gasteiger partial charge >= 0.3 is 0 Å². The third-order valence-corrected chi connectivity index (χ3v) is 3.72. The van der Waals surface area contributed by atoms with Crippen LogP contribution in [-0.2, 0) is 6.54 Å². The predicted octanol–water partition coefficient (Wildman–Crippen LogP) is 4.07. The van der Waals surface area contributed by atoms with Crippen LogP contribution in [0.2, 0.25) is 4.34 Å². The molecule has 4 heteroatoms. The van der Waals surface area contributed by atoms with Gasteiger partial charge in [0.1, 0.15) is 0 Å². The van der Waals surface area contributed by atoms with E-state index in [2.05, 4.69) is 5.32 Å². The van der Waals surface area contributed by atoms with Crippen LogP contribution in [0.3, 0.4) is 0 Å². The summed E-state index contributed by atoms with van der Waals surface area (Å²) in [6.07, 6.45) is -0.467. The molecule has 0 saturated heterocycles. The van der Waals surface area contributed by atoms with Crippen molar-refractivity contribution in [2.24, 2.45) is 0 Å². The van der Waals surface area contributed by atoms with Gasteiger partial charge in [0.25, 0.3) is 0 Å². The first-order chi connectivity index (χ1) is 8.16. The van der Waals surface area contributed by atoms with Gasteiger partial charge in [-0.3, -0.25) is 0 Å². The lowest BCUT2D eigenvalue weighted by Gasteiger charge is -2.13. The number of anilines is 1. The molecule has 2 rings (SSSR count). The largest absolute Gasteiger partial charge is 0.389 e. The Kier molecular flexibility index (Phi) is 4.05. The van der Waals surface area contributed by atoms with Crippen LogP contribution < -0.4 is 5.32 Å². The van der Waals surface area contributed by atoms with Gasteiger partial charge in [0.05, 0.1) is 10.4 Å². The lowest BCUT2D eigenvalue weighted by atomic mass is 10.1. The molecule has 0 aliphatic carbocycles. The summed E-state index contributed by atoms with van der Waals surface area (Å²) in [7, 11) is 0. The fraction of sp³-hybridized carbons (Fsp3) is 0.231. The average Bonchev–Trinajstić information content (AvgIpc) is 2.73. The molecule has 1 aromatic heterocycles. The number of aliphatic hydroxyl groups is 1. The third kappa shape index (κ3) is 3.22. The van der Waals surface area contributed by atoms with Crippen LogP contribution in [0.15, 0.2) is 36.4 Å². The SMILES string of the molecule is CC(O)c1ccccc1NCc1ccc(Cl)s1. The van der Waals surface area contributed by atoms with Crippen LogP contribution in [-0.4, -0.2) is 5.11 Å². The predicted molar refractivity (Wildman–Crippen MR) is 73.7 cm³/mol. The highest BCUT2D eigenvalue weighted by atomic mass is 35.5. The Morgan fingerprint density at radius 3 is 2.71 bits per heavy atom. The highest BCUT2D eigenvalue weighted by Crippen LogP contribution is 2.25. The van der Waals surface area contributed by atoms with E-state index in [1.54, 1.807) is 18.3 Å². The second-order valence-electron chi connectivity index (χ2n) is 3.82. The van der Waals surface area contributed by atoms with Gasteiger partial charge in [-0.2, -0.15) is 0 Å². The number of hydrogen-bond donors (Lipinski definition) is 2. The molecule has 1 unspecified atom stereocenters. The third-order valence-electron chi connectivity index (χ3n) is 2.49. The number of benzene rings is 1. The molecule has 0 aliphatic rings. The molecule has 0 bridgehead atoms. The van der Waals surface area contributed by atoms with Crippen molar-refractivity contribution < 1.29 is 5.11 Å². The Morgan fingerprint density at radius 2 is 2.06 bits per heavy atom. The molecule has 0 spiro atoms. The Hall–Kier alpha value is -1.03. The zero-order valence-electron chi connectivity index (χ0n) is 9.48. The number of hydrogen-bond acceptors (Lipinski definition) is 3. The number of halogens is 1. The Morgan fingerprint density at radius 1 is 1.29 bits per heavy atom. The van der Waals surface area contributed by atoms with Gasteiger partial charge in [-0.25, -0.2) is 0 Å². The molecule has 90 valence electrons. The molecular formula is C13H14ClNOS. The highest BCUT2D eigenvalue weighted by Gasteiger charge is 2.06. The minimum Gasteiger partial charge on any atom is -0.389 e. The van der Waals surface area contributed by atoms with Crippen molar-refractivity contribution in [3.63, 3.8) is 0 Å². The monoisotopic (exact) mass is 267 g/mol. The second kappa shape index (κ2) is 5.54. The van der Waals surface area contributed by atoms with Crippen molar-refractivity contribution in [2.45, 2.75) is 19.6 Å². The molecule has 1 atom stereocenters. The molecule has 17 heavy (non-hydrogen) atoms. The van der Waals surface area contributed by atoms with E-state index in [4.69, 9.17) is 11.6 Å². The van der Waals surface area contributed by atoms with Gasteiger partial charge in [-0.05, 0) is 25.1 Å². The smallest absolute Gasteiger partial charge is 0.0931 e. The van der Waals surface area contributed by atoms with Gasteiger partial charge in [0, 0.05) is 22.7 Å². The van der Waals surface area contributed by atoms with E-state index in [-0.39, 0.29) is 0 Å². The zero-order chi connectivity index (χ0) is 12.3. The van der Waals surface area contributed by atoms with Crippen LogP contribution in [0.5, 0.6) is 0 Å². The maximum absolute atomic E-state index is 9.65. The summed E-state index contributed by atoms with van der Waals surface area (Å²) in [5, 5.41) is 13.0. The van der Waals surface area contributed by atoms with Crippen LogP contribution in [0, 0.1) is 0 Å². The van der Waals surface area contributed by atoms with E-state index in [9.17, 15) is 5.11 Å². The lowest BCUT2D eigenvalue weighted by molar-refractivity contribution is 0.200. The number of thiophene rings is 1. The van der Waals surface area contributed by atoms with Gasteiger partial charge < -0.3 is 10.4 Å². The van der Waals surface area contributed by atoms with Crippen molar-refractivity contribution in [3.8, 4) is 0 Å². The molecule has 0 radical (unpaired) electrons. The number of rotatable bonds is 4. The van der Waals surface area contributed by atoms with E-state index in [1.165, 1.54) is 4.88 Å². The summed E-state index contributed by atoms with van der Waals surface area (Å²) < 4.78 is 0.797. The average molecular weight is 268 g/mol. The van der Waals surface area contributed by atoms with Gasteiger partial charge in [-0.15, -0.1) is 11.3 Å². The normalized spacial score (nSPS) is 12.4. The Balaban J connectivity index is 2.08. The first-order valence-corrected chi connectivity index (χ1v) is 6.61. The number of para-hydroxylation sites is 1. The topological polar surface area (TPSA) is 32.3 Å². The lowest BCUT2D eigenvalue weighted by Crippen LogP contribution is -2.02. The molecule has 0 amide bonds. The highest BCUT2D eigenvalue weighted by molar-refractivity contribution is 7.16. The van der Waals surface area contributed by atoms with Crippen LogP contribution >= 0.6 is 22.9 Å². The standard InChI is InChI=1S/C13H14ClNOS/c1-9(16)11-4-2-3-5-12(11)15-8-10-6-7-13(14)17-10/h2-7,9,15-16H,8H2,1H3. The molecule has 0 fully saturated rings. The van der Waals surface area contributed by atoms with E-state index >= 15 is 0 Å². The molecule has 0 saturated carbocycles. The fourth-order valence-electron chi connectivity index (χ4n) is 1.65. The van der Waals surface area contributed by atoms with E-state index in [1.807, 2.05) is 36.4 Å². The summed E-state index contributed by atoms with van der Waals surface area (Å²) >= 11 is 7.44. The van der Waals surface area contributed by atoms with Crippen molar-refractivity contribution in [1.29, 1.82) is 0 Å². The summed E-state index contributed by atoms with van der Waals surface area (Å²) in [6.45, 7) is 2.49. The van der Waals surface area contributed by atoms with Crippen molar-refractivity contribution in [1.82, 2.24) is 0 Å². The molecule has 2 aromatic rings. The minimum absolute atomic E-state index is 0.467. The molecule has 0 aliphatic heterocycles. The van der Waals surface area contributed by atoms with Crippen LogP contribution in [0.25, 0.3) is 0 Å². The van der Waals surface area contributed by atoms with E-state index in [0.29, 0.717) is 0 Å². The van der Waals surface area contributed by atoms with Crippen molar-refractivity contribution >= 4 is 28.6 Å². The fourth-order valence-corrected chi connectivity index (χ4v) is 2.68. The summed E-state index contributed by atoms with van der Waals surface area (Å²) in [5.74, 6) is 0. The number of aliphatic hydroxyl groups excluding tert-OH is 1. The van der Waals surface area contributed by atoms with Gasteiger partial charge in [0.15, 0.2) is 0 Å². The molecule has 1 aromatic carbocycles. The van der Waals surface area contributed by atoms with E-state index in [0.717, 1.165) is 22.1 Å². The molecular weight excluding hydrogens is 254 g/mol. The van der Waals surface area contributed by atoms with Crippen molar-refractivity contribution in [2.75, 3.05) is 5.32 Å². The zero-order valence-corrected chi connectivity index (χ0v) is 11.1. The quantitative estimate of drug-likeness (QED) is 0.875. The Labute approximate surface area is 110 Å². The van der Waals surface area contributed by atoms with Crippen LogP contribution in [0.4, 0.5) is 5.69 Å². The first-order valence-electron chi connectivity index (χ1n) is 5.42. The molecule has 2 nitrogen and oxygen atoms in total. The first kappa shape index (κ1) is 12.4. The summed E-state index contributed by atoms with van der Waals surface area (Å²) in [6, 6.07) is 11.7. The Bertz CT molecular complexity index is 496. The second-order valence-corrected chi connectivity index (χ2v) is 5.62.